The van der Waals surface area contributed by atoms with Gasteiger partial charge >= 0.3 is 11.9 Å². The molecule has 1 unspecified atom stereocenters. The van der Waals surface area contributed by atoms with Crippen LogP contribution >= 0.6 is 30.4 Å². The van der Waals surface area contributed by atoms with Crippen molar-refractivity contribution in [3.05, 3.63) is 35.9 Å². The summed E-state index contributed by atoms with van der Waals surface area (Å²) in [5.74, 6) is -0.905. The molecule has 0 bridgehead atoms. The fourth-order valence-corrected chi connectivity index (χ4v) is 3.21. The monoisotopic (exact) mass is 512 g/mol. The molecule has 0 fully saturated rings. The summed E-state index contributed by atoms with van der Waals surface area (Å²) in [7, 11) is 2.60. The van der Waals surface area contributed by atoms with Gasteiger partial charge in [0.15, 0.2) is 5.60 Å². The van der Waals surface area contributed by atoms with Crippen LogP contribution in [-0.4, -0.2) is 50.1 Å². The van der Waals surface area contributed by atoms with E-state index in [4.69, 9.17) is 23.1 Å². The molecule has 3 atom stereocenters. The van der Waals surface area contributed by atoms with Crippen molar-refractivity contribution in [2.24, 2.45) is 0 Å². The van der Waals surface area contributed by atoms with Gasteiger partial charge in [-0.1, -0.05) is 30.3 Å². The predicted octanol–water partition coefficient (Wildman–Crippen LogP) is 3.49. The van der Waals surface area contributed by atoms with Gasteiger partial charge in [-0.15, -0.1) is 0 Å². The Labute approximate surface area is 176 Å². The molecule has 1 aromatic carbocycles. The van der Waals surface area contributed by atoms with E-state index in [1.807, 2.05) is 51.5 Å². The van der Waals surface area contributed by atoms with Crippen molar-refractivity contribution in [1.29, 1.82) is 0 Å². The fraction of sp³-hybridized carbons (Fsp3) is 0.556. The summed E-state index contributed by atoms with van der Waals surface area (Å²) in [4.78, 5) is 22.9. The molecule has 0 amide bonds. The molecule has 0 N–H and O–H groups in total. The van der Waals surface area contributed by atoms with E-state index in [1.165, 1.54) is 21.0 Å². The number of methoxy groups -OCH3 is 1. The zero-order chi connectivity index (χ0) is 20.3. The standard InChI is InChI=1S/C18H25IO7S/c1-13(26-15(3)21)17(23-10-16-8-6-5-7-9-16)18(22-4,12-25-27-19)11-24-14(2)20/h5-9,13,17H,10-12H2,1-4H3/t13-,17?,18+/m1/s1. The Morgan fingerprint density at radius 3 is 2.33 bits per heavy atom. The third kappa shape index (κ3) is 8.34. The third-order valence-electron chi connectivity index (χ3n) is 3.84. The summed E-state index contributed by atoms with van der Waals surface area (Å²) in [5.41, 5.74) is -0.216. The summed E-state index contributed by atoms with van der Waals surface area (Å²) < 4.78 is 27.8. The number of carbonyl (C=O) groups excluding carboxylic acids is 2. The smallest absolute Gasteiger partial charge is 0.302 e. The molecule has 0 aliphatic rings. The van der Waals surface area contributed by atoms with Crippen molar-refractivity contribution >= 4 is 42.4 Å². The number of halogens is 1. The summed E-state index contributed by atoms with van der Waals surface area (Å²) >= 11 is 1.98. The zero-order valence-corrected chi connectivity index (χ0v) is 18.8. The second-order valence-electron chi connectivity index (χ2n) is 5.91. The van der Waals surface area contributed by atoms with Gasteiger partial charge in [0, 0.05) is 42.2 Å². The molecule has 0 aliphatic carbocycles. The highest BCUT2D eigenvalue weighted by molar-refractivity contribution is 14.2. The van der Waals surface area contributed by atoms with Crippen molar-refractivity contribution < 1.29 is 32.7 Å². The SMILES string of the molecule is CO[C@](COSI)(COC(C)=O)C(OCc1ccccc1)[C@@H](C)OC(C)=O. The lowest BCUT2D eigenvalue weighted by Gasteiger charge is -2.40. The number of rotatable bonds is 12. The number of hydrogen-bond acceptors (Lipinski definition) is 8. The average Bonchev–Trinajstić information content (AvgIpc) is 2.63. The molecule has 7 nitrogen and oxygen atoms in total. The van der Waals surface area contributed by atoms with Gasteiger partial charge in [-0.25, -0.2) is 0 Å². The van der Waals surface area contributed by atoms with E-state index in [1.54, 1.807) is 6.92 Å². The number of benzene rings is 1. The third-order valence-corrected chi connectivity index (χ3v) is 4.81. The summed E-state index contributed by atoms with van der Waals surface area (Å²) in [5, 5.41) is 0. The first kappa shape index (κ1) is 24.2. The van der Waals surface area contributed by atoms with E-state index in [9.17, 15) is 9.59 Å². The minimum atomic E-state index is -1.16. The second-order valence-corrected chi connectivity index (χ2v) is 7.35. The van der Waals surface area contributed by atoms with Crippen LogP contribution in [0.4, 0.5) is 0 Å². The molecule has 0 heterocycles. The van der Waals surface area contributed by atoms with Crippen molar-refractivity contribution in [2.45, 2.75) is 45.2 Å². The van der Waals surface area contributed by atoms with Crippen LogP contribution in [0.15, 0.2) is 30.3 Å². The Hall–Kier alpha value is -0.880. The van der Waals surface area contributed by atoms with Crippen molar-refractivity contribution in [3.63, 3.8) is 0 Å². The Morgan fingerprint density at radius 2 is 1.81 bits per heavy atom. The molecule has 1 aromatic rings. The van der Waals surface area contributed by atoms with Crippen LogP contribution in [0.3, 0.4) is 0 Å². The maximum Gasteiger partial charge on any atom is 0.302 e. The van der Waals surface area contributed by atoms with Gasteiger partial charge in [0.05, 0.1) is 22.4 Å². The molecule has 0 aliphatic heterocycles. The highest BCUT2D eigenvalue weighted by Crippen LogP contribution is 2.28. The minimum absolute atomic E-state index is 0.0649. The molecule has 0 saturated heterocycles. The first-order chi connectivity index (χ1) is 12.8. The lowest BCUT2D eigenvalue weighted by Crippen LogP contribution is -2.58. The van der Waals surface area contributed by atoms with Gasteiger partial charge in [-0.05, 0) is 12.5 Å². The Bertz CT molecular complexity index is 586. The number of hydrogen-bond donors (Lipinski definition) is 0. The van der Waals surface area contributed by atoms with Gasteiger partial charge < -0.3 is 23.1 Å². The number of ether oxygens (including phenoxy) is 4. The van der Waals surface area contributed by atoms with Crippen LogP contribution in [0.1, 0.15) is 26.3 Å². The molecule has 0 spiro atoms. The Balaban J connectivity index is 3.12. The van der Waals surface area contributed by atoms with E-state index in [-0.39, 0.29) is 19.8 Å². The van der Waals surface area contributed by atoms with Crippen LogP contribution in [0.5, 0.6) is 0 Å². The Morgan fingerprint density at radius 1 is 1.15 bits per heavy atom. The van der Waals surface area contributed by atoms with Crippen molar-refractivity contribution in [3.8, 4) is 0 Å². The molecule has 27 heavy (non-hydrogen) atoms. The van der Waals surface area contributed by atoms with Gasteiger partial charge in [0.25, 0.3) is 0 Å². The molecular formula is C18H25IO7S. The van der Waals surface area contributed by atoms with Gasteiger partial charge in [0.2, 0.25) is 0 Å². The number of carbonyl (C=O) groups is 2. The van der Waals surface area contributed by atoms with E-state index >= 15 is 0 Å². The van der Waals surface area contributed by atoms with E-state index < -0.39 is 29.7 Å². The van der Waals surface area contributed by atoms with Crippen molar-refractivity contribution in [1.82, 2.24) is 0 Å². The molecule has 9 heteroatoms. The maximum atomic E-state index is 11.5. The van der Waals surface area contributed by atoms with Gasteiger partial charge in [-0.3, -0.25) is 9.59 Å². The normalized spacial score (nSPS) is 15.4. The van der Waals surface area contributed by atoms with E-state index in [2.05, 4.69) is 0 Å². The first-order valence-corrected chi connectivity index (χ1v) is 11.5. The lowest BCUT2D eigenvalue weighted by molar-refractivity contribution is -0.212. The molecule has 1 rings (SSSR count). The van der Waals surface area contributed by atoms with Crippen LogP contribution in [-0.2, 0) is 39.3 Å². The highest BCUT2D eigenvalue weighted by atomic mass is 127. The zero-order valence-electron chi connectivity index (χ0n) is 15.8. The lowest BCUT2D eigenvalue weighted by atomic mass is 9.93. The largest absolute Gasteiger partial charge is 0.463 e. The highest BCUT2D eigenvalue weighted by Gasteiger charge is 2.46. The average molecular weight is 512 g/mol. The molecule has 0 radical (unpaired) electrons. The summed E-state index contributed by atoms with van der Waals surface area (Å²) in [6.45, 7) is 4.55. The van der Waals surface area contributed by atoms with Crippen LogP contribution in [0.2, 0.25) is 0 Å². The summed E-state index contributed by atoms with van der Waals surface area (Å²) in [6.07, 6.45) is -1.40. The molecule has 152 valence electrons. The minimum Gasteiger partial charge on any atom is -0.463 e. The Kier molecular flexibility index (Phi) is 11.2. The fourth-order valence-electron chi connectivity index (χ4n) is 2.58. The second kappa shape index (κ2) is 12.6. The van der Waals surface area contributed by atoms with E-state index in [0.29, 0.717) is 0 Å². The van der Waals surface area contributed by atoms with Crippen LogP contribution < -0.4 is 0 Å². The van der Waals surface area contributed by atoms with Crippen LogP contribution in [0.25, 0.3) is 0 Å². The van der Waals surface area contributed by atoms with Gasteiger partial charge in [0.1, 0.15) is 18.8 Å². The van der Waals surface area contributed by atoms with Gasteiger partial charge in [-0.2, -0.15) is 0 Å². The number of esters is 2. The molecule has 0 aromatic heterocycles. The summed E-state index contributed by atoms with van der Waals surface area (Å²) in [6, 6.07) is 9.56. The molecule has 0 saturated carbocycles. The van der Waals surface area contributed by atoms with Crippen LogP contribution in [0, 0.1) is 0 Å². The first-order valence-electron chi connectivity index (χ1n) is 8.26. The molecular weight excluding hydrogens is 487 g/mol. The maximum absolute atomic E-state index is 11.5. The topological polar surface area (TPSA) is 80.3 Å². The predicted molar refractivity (Wildman–Crippen MR) is 110 cm³/mol. The van der Waals surface area contributed by atoms with E-state index in [0.717, 1.165) is 14.8 Å². The quantitative estimate of drug-likeness (QED) is 0.239. The van der Waals surface area contributed by atoms with Crippen molar-refractivity contribution in [2.75, 3.05) is 20.3 Å².